The quantitative estimate of drug-likeness (QED) is 0.926. The van der Waals surface area contributed by atoms with Gasteiger partial charge in [-0.15, -0.1) is 11.8 Å². The molecule has 2 atom stereocenters. The van der Waals surface area contributed by atoms with E-state index in [1.54, 1.807) is 18.1 Å². The van der Waals surface area contributed by atoms with Gasteiger partial charge in [0.15, 0.2) is 0 Å². The largest absolute Gasteiger partial charge is 0.391 e. The molecule has 2 heterocycles. The van der Waals surface area contributed by atoms with E-state index in [1.807, 2.05) is 17.7 Å². The molecule has 0 aliphatic carbocycles. The second-order valence-electron chi connectivity index (χ2n) is 4.73. The molecule has 2 aromatic rings. The summed E-state index contributed by atoms with van der Waals surface area (Å²) in [6.07, 6.45) is 2.68. The van der Waals surface area contributed by atoms with Gasteiger partial charge in [-0.2, -0.15) is 5.10 Å². The van der Waals surface area contributed by atoms with Crippen molar-refractivity contribution >= 4 is 11.8 Å². The molecule has 0 fully saturated rings. The van der Waals surface area contributed by atoms with E-state index in [9.17, 15) is 5.11 Å². The van der Waals surface area contributed by atoms with E-state index in [1.165, 1.54) is 10.5 Å². The lowest BCUT2D eigenvalue weighted by Gasteiger charge is -2.16. The highest BCUT2D eigenvalue weighted by molar-refractivity contribution is 8.00. The maximum atomic E-state index is 10.4. The first-order valence-corrected chi connectivity index (χ1v) is 7.45. The zero-order valence-corrected chi connectivity index (χ0v) is 11.7. The first-order valence-electron chi connectivity index (χ1n) is 6.57. The molecule has 1 aromatic carbocycles. The molecule has 100 valence electrons. The van der Waals surface area contributed by atoms with E-state index in [0.717, 1.165) is 18.8 Å². The Bertz CT molecular complexity index is 544. The molecule has 19 heavy (non-hydrogen) atoms. The Morgan fingerprint density at radius 1 is 1.47 bits per heavy atom. The number of hydrogen-bond acceptors (Lipinski definition) is 4. The minimum absolute atomic E-state index is 0.222. The van der Waals surface area contributed by atoms with E-state index < -0.39 is 0 Å². The van der Waals surface area contributed by atoms with Crippen molar-refractivity contribution in [3.8, 4) is 0 Å². The van der Waals surface area contributed by atoms with Gasteiger partial charge in [0.05, 0.1) is 6.10 Å². The van der Waals surface area contributed by atoms with Crippen molar-refractivity contribution < 1.29 is 5.11 Å². The van der Waals surface area contributed by atoms with E-state index in [2.05, 4.69) is 28.3 Å². The molecular formula is C14H17N3OS. The van der Waals surface area contributed by atoms with E-state index in [-0.39, 0.29) is 11.4 Å². The third kappa shape index (κ3) is 2.53. The van der Waals surface area contributed by atoms with Gasteiger partial charge in [-0.1, -0.05) is 18.2 Å². The van der Waals surface area contributed by atoms with Crippen molar-refractivity contribution in [2.24, 2.45) is 0 Å². The van der Waals surface area contributed by atoms with Gasteiger partial charge >= 0.3 is 0 Å². The number of rotatable bonds is 4. The number of aliphatic hydroxyl groups excluding tert-OH is 1. The third-order valence-electron chi connectivity index (χ3n) is 3.49. The number of hydrogen-bond donors (Lipinski definition) is 1. The Kier molecular flexibility index (Phi) is 3.57. The van der Waals surface area contributed by atoms with Crippen molar-refractivity contribution in [3.05, 3.63) is 42.0 Å². The molecule has 0 spiro atoms. The fourth-order valence-corrected chi connectivity index (χ4v) is 3.75. The lowest BCUT2D eigenvalue weighted by Crippen LogP contribution is -2.26. The Balaban J connectivity index is 1.68. The van der Waals surface area contributed by atoms with Gasteiger partial charge in [-0.25, -0.2) is 4.98 Å². The predicted molar refractivity (Wildman–Crippen MR) is 75.2 cm³/mol. The van der Waals surface area contributed by atoms with Gasteiger partial charge in [-0.3, -0.25) is 4.68 Å². The third-order valence-corrected chi connectivity index (χ3v) is 4.92. The second-order valence-corrected chi connectivity index (χ2v) is 6.01. The van der Waals surface area contributed by atoms with Crippen molar-refractivity contribution in [2.75, 3.05) is 0 Å². The van der Waals surface area contributed by atoms with Crippen LogP contribution in [0.3, 0.4) is 0 Å². The molecule has 1 aliphatic heterocycles. The number of aryl methyl sites for hydroxylation is 1. The van der Waals surface area contributed by atoms with Crippen molar-refractivity contribution in [1.29, 1.82) is 0 Å². The Hall–Kier alpha value is -1.33. The summed E-state index contributed by atoms with van der Waals surface area (Å²) in [6, 6.07) is 8.38. The van der Waals surface area contributed by atoms with Crippen LogP contribution in [0.25, 0.3) is 0 Å². The average molecular weight is 275 g/mol. The highest BCUT2D eigenvalue weighted by Crippen LogP contribution is 2.38. The van der Waals surface area contributed by atoms with Crippen LogP contribution in [0.15, 0.2) is 35.5 Å². The van der Waals surface area contributed by atoms with Crippen LogP contribution in [-0.4, -0.2) is 31.2 Å². The average Bonchev–Trinajstić information content (AvgIpc) is 3.03. The molecule has 3 rings (SSSR count). The Morgan fingerprint density at radius 2 is 2.32 bits per heavy atom. The topological polar surface area (TPSA) is 50.9 Å². The molecular weight excluding hydrogens is 258 g/mol. The smallest absolute Gasteiger partial charge is 0.138 e. The standard InChI is InChI=1S/C14H17N3OS/c1-2-17-14(15-9-16-17)8-11(18)13-7-10-5-3-4-6-12(10)19-13/h3-6,9,11,13,18H,2,7-8H2,1H3. The van der Waals surface area contributed by atoms with E-state index in [4.69, 9.17) is 0 Å². The van der Waals surface area contributed by atoms with Crippen LogP contribution in [-0.2, 0) is 19.4 Å². The van der Waals surface area contributed by atoms with Crippen molar-refractivity contribution in [2.45, 2.75) is 42.6 Å². The molecule has 4 nitrogen and oxygen atoms in total. The monoisotopic (exact) mass is 275 g/mol. The predicted octanol–water partition coefficient (Wildman–Crippen LogP) is 1.92. The summed E-state index contributed by atoms with van der Waals surface area (Å²) in [5.74, 6) is 0.867. The summed E-state index contributed by atoms with van der Waals surface area (Å²) in [4.78, 5) is 5.53. The second kappa shape index (κ2) is 5.35. The summed E-state index contributed by atoms with van der Waals surface area (Å²) >= 11 is 1.77. The first-order chi connectivity index (χ1) is 9.28. The van der Waals surface area contributed by atoms with Crippen LogP contribution in [0.5, 0.6) is 0 Å². The molecule has 2 unspecified atom stereocenters. The van der Waals surface area contributed by atoms with Crippen LogP contribution in [0.4, 0.5) is 0 Å². The van der Waals surface area contributed by atoms with Crippen molar-refractivity contribution in [3.63, 3.8) is 0 Å². The number of nitrogens with zero attached hydrogens (tertiary/aromatic N) is 3. The first kappa shape index (κ1) is 12.7. The number of aliphatic hydroxyl groups is 1. The van der Waals surface area contributed by atoms with Gasteiger partial charge in [0.1, 0.15) is 12.2 Å². The molecule has 0 saturated heterocycles. The molecule has 0 bridgehead atoms. The Labute approximate surface area is 116 Å². The van der Waals surface area contributed by atoms with Crippen molar-refractivity contribution in [1.82, 2.24) is 14.8 Å². The molecule has 1 aliphatic rings. The molecule has 0 radical (unpaired) electrons. The number of fused-ring (bicyclic) bond motifs is 1. The van der Waals surface area contributed by atoms with Crippen LogP contribution < -0.4 is 0 Å². The summed E-state index contributed by atoms with van der Waals surface area (Å²) in [7, 11) is 0. The summed E-state index contributed by atoms with van der Waals surface area (Å²) in [5, 5.41) is 14.8. The minimum atomic E-state index is -0.383. The number of benzene rings is 1. The SMILES string of the molecule is CCn1ncnc1CC(O)C1Cc2ccccc2S1. The molecule has 1 aromatic heterocycles. The zero-order valence-electron chi connectivity index (χ0n) is 10.9. The summed E-state index contributed by atoms with van der Waals surface area (Å²) in [5.41, 5.74) is 1.34. The lowest BCUT2D eigenvalue weighted by molar-refractivity contribution is 0.168. The summed E-state index contributed by atoms with van der Waals surface area (Å²) in [6.45, 7) is 2.82. The normalized spacial score (nSPS) is 19.4. The minimum Gasteiger partial charge on any atom is -0.391 e. The van der Waals surface area contributed by atoms with Gasteiger partial charge in [-0.05, 0) is 25.0 Å². The number of aromatic nitrogens is 3. The maximum Gasteiger partial charge on any atom is 0.138 e. The maximum absolute atomic E-state index is 10.4. The van der Waals surface area contributed by atoms with Crippen LogP contribution in [0, 0.1) is 0 Å². The molecule has 0 saturated carbocycles. The zero-order chi connectivity index (χ0) is 13.2. The van der Waals surface area contributed by atoms with E-state index in [0.29, 0.717) is 6.42 Å². The fourth-order valence-electron chi connectivity index (χ4n) is 2.45. The highest BCUT2D eigenvalue weighted by Gasteiger charge is 2.29. The van der Waals surface area contributed by atoms with Crippen LogP contribution in [0.2, 0.25) is 0 Å². The van der Waals surface area contributed by atoms with Gasteiger partial charge in [0.25, 0.3) is 0 Å². The van der Waals surface area contributed by atoms with Gasteiger partial charge in [0.2, 0.25) is 0 Å². The Morgan fingerprint density at radius 3 is 3.11 bits per heavy atom. The molecule has 0 amide bonds. The van der Waals surface area contributed by atoms with Gasteiger partial charge < -0.3 is 5.11 Å². The summed E-state index contributed by atoms with van der Waals surface area (Å²) < 4.78 is 1.84. The number of thioether (sulfide) groups is 1. The molecule has 1 N–H and O–H groups in total. The van der Waals surface area contributed by atoms with Crippen LogP contribution >= 0.6 is 11.8 Å². The van der Waals surface area contributed by atoms with Gasteiger partial charge in [0, 0.05) is 23.1 Å². The van der Waals surface area contributed by atoms with Crippen LogP contribution in [0.1, 0.15) is 18.3 Å². The fraction of sp³-hybridized carbons (Fsp3) is 0.429. The molecule has 5 heteroatoms. The van der Waals surface area contributed by atoms with E-state index >= 15 is 0 Å². The lowest BCUT2D eigenvalue weighted by atomic mass is 10.0. The highest BCUT2D eigenvalue weighted by atomic mass is 32.2.